The van der Waals surface area contributed by atoms with E-state index in [2.05, 4.69) is 15.6 Å². The highest BCUT2D eigenvalue weighted by Crippen LogP contribution is 2.28. The molecule has 0 saturated carbocycles. The SMILES string of the molecule is COc1ccccc1NC(=O)c1ccc(NC(=O)CCc2ncc(-c3ccccc3Cl)o2)cc1. The summed E-state index contributed by atoms with van der Waals surface area (Å²) < 4.78 is 11.0. The maximum Gasteiger partial charge on any atom is 0.255 e. The quantitative estimate of drug-likeness (QED) is 0.334. The summed E-state index contributed by atoms with van der Waals surface area (Å²) in [6.07, 6.45) is 2.14. The summed E-state index contributed by atoms with van der Waals surface area (Å²) in [5.74, 6) is 1.12. The van der Waals surface area contributed by atoms with Crippen LogP contribution in [0.25, 0.3) is 11.3 Å². The fourth-order valence-corrected chi connectivity index (χ4v) is 3.53. The lowest BCUT2D eigenvalue weighted by molar-refractivity contribution is -0.116. The van der Waals surface area contributed by atoms with Gasteiger partial charge in [0.2, 0.25) is 5.91 Å². The van der Waals surface area contributed by atoms with Gasteiger partial charge in [-0.3, -0.25) is 9.59 Å². The Morgan fingerprint density at radius 3 is 2.47 bits per heavy atom. The molecule has 34 heavy (non-hydrogen) atoms. The van der Waals surface area contributed by atoms with Gasteiger partial charge in [-0.15, -0.1) is 0 Å². The van der Waals surface area contributed by atoms with Gasteiger partial charge in [-0.25, -0.2) is 4.98 Å². The summed E-state index contributed by atoms with van der Waals surface area (Å²) in [7, 11) is 1.54. The van der Waals surface area contributed by atoms with E-state index < -0.39 is 0 Å². The number of anilines is 2. The molecule has 4 aromatic rings. The van der Waals surface area contributed by atoms with Crippen LogP contribution in [0.5, 0.6) is 5.75 Å². The molecule has 0 spiro atoms. The average molecular weight is 476 g/mol. The molecule has 0 bridgehead atoms. The van der Waals surface area contributed by atoms with E-state index in [0.29, 0.717) is 45.8 Å². The highest BCUT2D eigenvalue weighted by atomic mass is 35.5. The number of hydrogen-bond acceptors (Lipinski definition) is 5. The molecule has 3 aromatic carbocycles. The first-order valence-corrected chi connectivity index (χ1v) is 10.9. The Labute approximate surface area is 201 Å². The number of oxazole rings is 1. The maximum atomic E-state index is 12.5. The highest BCUT2D eigenvalue weighted by molar-refractivity contribution is 6.33. The van der Waals surface area contributed by atoms with Crippen molar-refractivity contribution in [3.05, 3.63) is 95.5 Å². The Kier molecular flexibility index (Phi) is 7.25. The Balaban J connectivity index is 1.30. The van der Waals surface area contributed by atoms with Crippen molar-refractivity contribution >= 4 is 34.8 Å². The van der Waals surface area contributed by atoms with Crippen LogP contribution in [0.2, 0.25) is 5.02 Å². The number of amides is 2. The van der Waals surface area contributed by atoms with Crippen molar-refractivity contribution < 1.29 is 18.7 Å². The number of carbonyl (C=O) groups is 2. The fraction of sp³-hybridized carbons (Fsp3) is 0.115. The van der Waals surface area contributed by atoms with Crippen LogP contribution in [-0.2, 0) is 11.2 Å². The number of halogens is 1. The van der Waals surface area contributed by atoms with Crippen LogP contribution in [0.1, 0.15) is 22.7 Å². The second-order valence-corrected chi connectivity index (χ2v) is 7.79. The molecule has 7 nitrogen and oxygen atoms in total. The number of hydrogen-bond donors (Lipinski definition) is 2. The van der Waals surface area contributed by atoms with Gasteiger partial charge in [-0.1, -0.05) is 35.9 Å². The van der Waals surface area contributed by atoms with Gasteiger partial charge in [-0.2, -0.15) is 0 Å². The molecule has 2 N–H and O–H groups in total. The minimum atomic E-state index is -0.277. The molecule has 0 saturated heterocycles. The topological polar surface area (TPSA) is 93.5 Å². The third kappa shape index (κ3) is 5.63. The molecule has 0 aliphatic heterocycles. The van der Waals surface area contributed by atoms with Crippen LogP contribution < -0.4 is 15.4 Å². The van der Waals surface area contributed by atoms with Gasteiger partial charge in [0, 0.05) is 29.7 Å². The minimum absolute atomic E-state index is 0.191. The van der Waals surface area contributed by atoms with Crippen molar-refractivity contribution in [1.82, 2.24) is 4.98 Å². The lowest BCUT2D eigenvalue weighted by Crippen LogP contribution is -2.14. The van der Waals surface area contributed by atoms with E-state index in [9.17, 15) is 9.59 Å². The van der Waals surface area contributed by atoms with Crippen molar-refractivity contribution in [2.75, 3.05) is 17.7 Å². The van der Waals surface area contributed by atoms with Crippen LogP contribution in [0.4, 0.5) is 11.4 Å². The second-order valence-electron chi connectivity index (χ2n) is 7.38. The third-order valence-corrected chi connectivity index (χ3v) is 5.37. The number of aromatic nitrogens is 1. The van der Waals surface area contributed by atoms with Gasteiger partial charge in [0.05, 0.1) is 24.0 Å². The molecule has 2 amide bonds. The van der Waals surface area contributed by atoms with Crippen molar-refractivity contribution in [1.29, 1.82) is 0 Å². The Hall–Kier alpha value is -4.10. The molecule has 4 rings (SSSR count). The summed E-state index contributed by atoms with van der Waals surface area (Å²) in [4.78, 5) is 29.1. The van der Waals surface area contributed by atoms with Gasteiger partial charge in [0.25, 0.3) is 5.91 Å². The summed E-state index contributed by atoms with van der Waals surface area (Å²) >= 11 is 6.19. The molecule has 172 valence electrons. The molecular weight excluding hydrogens is 454 g/mol. The standard InChI is InChI=1S/C26H22ClN3O4/c1-33-22-9-5-4-8-21(22)30-26(32)17-10-12-18(13-11-17)29-24(31)14-15-25-28-16-23(34-25)19-6-2-3-7-20(19)27/h2-13,16H,14-15H2,1H3,(H,29,31)(H,30,32). The predicted octanol–water partition coefficient (Wildman–Crippen LogP) is 5.83. The molecule has 0 aliphatic rings. The van der Waals surface area contributed by atoms with E-state index in [1.807, 2.05) is 30.3 Å². The van der Waals surface area contributed by atoms with E-state index >= 15 is 0 Å². The molecule has 0 fully saturated rings. The molecule has 0 unspecified atom stereocenters. The minimum Gasteiger partial charge on any atom is -0.495 e. The van der Waals surface area contributed by atoms with Crippen molar-refractivity contribution in [3.8, 4) is 17.1 Å². The molecule has 8 heteroatoms. The average Bonchev–Trinajstić information content (AvgIpc) is 3.32. The Morgan fingerprint density at radius 1 is 0.971 bits per heavy atom. The maximum absolute atomic E-state index is 12.5. The van der Waals surface area contributed by atoms with Crippen LogP contribution in [0, 0.1) is 0 Å². The summed E-state index contributed by atoms with van der Waals surface area (Å²) in [5, 5.41) is 6.20. The smallest absolute Gasteiger partial charge is 0.255 e. The van der Waals surface area contributed by atoms with Crippen LogP contribution in [0.3, 0.4) is 0 Å². The lowest BCUT2D eigenvalue weighted by Gasteiger charge is -2.10. The van der Waals surface area contributed by atoms with E-state index in [-0.39, 0.29) is 18.2 Å². The van der Waals surface area contributed by atoms with E-state index in [1.54, 1.807) is 55.8 Å². The monoisotopic (exact) mass is 475 g/mol. The largest absolute Gasteiger partial charge is 0.495 e. The molecule has 0 radical (unpaired) electrons. The van der Waals surface area contributed by atoms with E-state index in [1.165, 1.54) is 0 Å². The first-order valence-electron chi connectivity index (χ1n) is 10.6. The Morgan fingerprint density at radius 2 is 1.71 bits per heavy atom. The lowest BCUT2D eigenvalue weighted by atomic mass is 10.1. The number of carbonyl (C=O) groups excluding carboxylic acids is 2. The summed E-state index contributed by atoms with van der Waals surface area (Å²) in [6.45, 7) is 0. The molecule has 1 aromatic heterocycles. The number of ether oxygens (including phenoxy) is 1. The first-order chi connectivity index (χ1) is 16.5. The van der Waals surface area contributed by atoms with Gasteiger partial charge >= 0.3 is 0 Å². The molecule has 1 heterocycles. The van der Waals surface area contributed by atoms with Crippen molar-refractivity contribution in [2.45, 2.75) is 12.8 Å². The van der Waals surface area contributed by atoms with Crippen LogP contribution >= 0.6 is 11.6 Å². The number of para-hydroxylation sites is 2. The van der Waals surface area contributed by atoms with Gasteiger partial charge in [0.1, 0.15) is 5.75 Å². The molecular formula is C26H22ClN3O4. The van der Waals surface area contributed by atoms with Gasteiger partial charge in [-0.05, 0) is 48.5 Å². The number of rotatable bonds is 8. The first kappa shape index (κ1) is 23.1. The number of benzene rings is 3. The zero-order valence-electron chi connectivity index (χ0n) is 18.4. The van der Waals surface area contributed by atoms with Crippen LogP contribution in [-0.4, -0.2) is 23.9 Å². The highest BCUT2D eigenvalue weighted by Gasteiger charge is 2.12. The van der Waals surface area contributed by atoms with Gasteiger partial charge in [0.15, 0.2) is 11.7 Å². The predicted molar refractivity (Wildman–Crippen MR) is 131 cm³/mol. The molecule has 0 atom stereocenters. The van der Waals surface area contributed by atoms with E-state index in [0.717, 1.165) is 5.56 Å². The number of methoxy groups -OCH3 is 1. The van der Waals surface area contributed by atoms with Crippen molar-refractivity contribution in [2.24, 2.45) is 0 Å². The second kappa shape index (κ2) is 10.7. The van der Waals surface area contributed by atoms with Crippen LogP contribution in [0.15, 0.2) is 83.4 Å². The fourth-order valence-electron chi connectivity index (χ4n) is 3.30. The number of aryl methyl sites for hydroxylation is 1. The summed E-state index contributed by atoms with van der Waals surface area (Å²) in [5.41, 5.74) is 2.37. The summed E-state index contributed by atoms with van der Waals surface area (Å²) in [6, 6.07) is 21.1. The van der Waals surface area contributed by atoms with E-state index in [4.69, 9.17) is 20.8 Å². The van der Waals surface area contributed by atoms with Crippen molar-refractivity contribution in [3.63, 3.8) is 0 Å². The Bertz CT molecular complexity index is 1300. The third-order valence-electron chi connectivity index (χ3n) is 5.04. The number of nitrogens with zero attached hydrogens (tertiary/aromatic N) is 1. The number of nitrogens with one attached hydrogen (secondary N) is 2. The van der Waals surface area contributed by atoms with Gasteiger partial charge < -0.3 is 19.8 Å². The zero-order valence-corrected chi connectivity index (χ0v) is 19.1. The molecule has 0 aliphatic carbocycles. The zero-order chi connectivity index (χ0) is 23.9. The normalized spacial score (nSPS) is 10.5.